The van der Waals surface area contributed by atoms with Gasteiger partial charge >= 0.3 is 0 Å². The monoisotopic (exact) mass is 203 g/mol. The minimum Gasteiger partial charge on any atom is -0.391 e. The van der Waals surface area contributed by atoms with Crippen LogP contribution in [0, 0.1) is 5.41 Å². The predicted molar refractivity (Wildman–Crippen MR) is 59.5 cm³/mol. The highest BCUT2D eigenvalue weighted by atomic mass is 16.5. The summed E-state index contributed by atoms with van der Waals surface area (Å²) in [6.45, 7) is 8.66. The van der Waals surface area contributed by atoms with E-state index in [1.54, 1.807) is 7.11 Å². The van der Waals surface area contributed by atoms with E-state index in [-0.39, 0.29) is 11.5 Å². The maximum atomic E-state index is 9.84. The lowest BCUT2D eigenvalue weighted by Gasteiger charge is -2.29. The van der Waals surface area contributed by atoms with E-state index in [1.807, 2.05) is 7.05 Å². The zero-order valence-corrected chi connectivity index (χ0v) is 10.2. The van der Waals surface area contributed by atoms with Crippen LogP contribution in [0.5, 0.6) is 0 Å². The number of hydrogen-bond donors (Lipinski definition) is 1. The lowest BCUT2D eigenvalue weighted by Crippen LogP contribution is -2.38. The first-order valence-electron chi connectivity index (χ1n) is 5.23. The molecule has 0 aliphatic heterocycles. The Balaban J connectivity index is 3.66. The van der Waals surface area contributed by atoms with E-state index >= 15 is 0 Å². The SMILES string of the molecule is COCCCN(C)CC(O)C(C)(C)C. The van der Waals surface area contributed by atoms with Crippen molar-refractivity contribution in [2.75, 3.05) is 33.9 Å². The molecule has 1 atom stereocenters. The number of methoxy groups -OCH3 is 1. The molecule has 0 heterocycles. The Hall–Kier alpha value is -0.120. The molecule has 0 bridgehead atoms. The molecule has 0 aliphatic rings. The third kappa shape index (κ3) is 6.35. The zero-order valence-electron chi connectivity index (χ0n) is 10.2. The Morgan fingerprint density at radius 1 is 1.36 bits per heavy atom. The van der Waals surface area contributed by atoms with Crippen molar-refractivity contribution in [2.45, 2.75) is 33.3 Å². The second kappa shape index (κ2) is 6.38. The van der Waals surface area contributed by atoms with Gasteiger partial charge in [-0.2, -0.15) is 0 Å². The molecule has 0 aromatic rings. The third-order valence-electron chi connectivity index (χ3n) is 2.37. The first-order chi connectivity index (χ1) is 6.38. The highest BCUT2D eigenvalue weighted by Gasteiger charge is 2.22. The molecule has 0 aliphatic carbocycles. The normalized spacial score (nSPS) is 14.8. The molecule has 1 N–H and O–H groups in total. The molecule has 0 aromatic heterocycles. The van der Waals surface area contributed by atoms with E-state index in [0.29, 0.717) is 0 Å². The molecule has 0 rings (SSSR count). The molecule has 0 radical (unpaired) electrons. The molecule has 0 saturated carbocycles. The Bertz CT molecular complexity index is 143. The maximum absolute atomic E-state index is 9.84. The number of aliphatic hydroxyl groups is 1. The van der Waals surface area contributed by atoms with Crippen LogP contribution in [0.2, 0.25) is 0 Å². The van der Waals surface area contributed by atoms with Gasteiger partial charge in [-0.25, -0.2) is 0 Å². The highest BCUT2D eigenvalue weighted by Crippen LogP contribution is 2.19. The number of hydrogen-bond acceptors (Lipinski definition) is 3. The van der Waals surface area contributed by atoms with Crippen LogP contribution in [-0.2, 0) is 4.74 Å². The van der Waals surface area contributed by atoms with Crippen LogP contribution in [0.1, 0.15) is 27.2 Å². The van der Waals surface area contributed by atoms with Crippen molar-refractivity contribution in [3.8, 4) is 0 Å². The summed E-state index contributed by atoms with van der Waals surface area (Å²) in [6.07, 6.45) is 0.749. The second-order valence-electron chi connectivity index (χ2n) is 4.99. The van der Waals surface area contributed by atoms with E-state index in [0.717, 1.165) is 26.1 Å². The van der Waals surface area contributed by atoms with E-state index in [9.17, 15) is 5.11 Å². The molecule has 0 aromatic carbocycles. The maximum Gasteiger partial charge on any atom is 0.0715 e. The quantitative estimate of drug-likeness (QED) is 0.662. The fourth-order valence-electron chi connectivity index (χ4n) is 1.14. The summed E-state index contributed by atoms with van der Waals surface area (Å²) in [7, 11) is 3.74. The van der Waals surface area contributed by atoms with Crippen LogP contribution in [-0.4, -0.2) is 50.0 Å². The highest BCUT2D eigenvalue weighted by molar-refractivity contribution is 4.75. The minimum atomic E-state index is -0.268. The number of ether oxygens (including phenoxy) is 1. The van der Waals surface area contributed by atoms with E-state index in [2.05, 4.69) is 25.7 Å². The minimum absolute atomic E-state index is 0.0322. The first kappa shape index (κ1) is 13.9. The van der Waals surface area contributed by atoms with Gasteiger partial charge < -0.3 is 14.7 Å². The fourth-order valence-corrected chi connectivity index (χ4v) is 1.14. The van der Waals surface area contributed by atoms with Gasteiger partial charge in [-0.3, -0.25) is 0 Å². The van der Waals surface area contributed by atoms with Gasteiger partial charge in [-0.05, 0) is 18.9 Å². The van der Waals surface area contributed by atoms with Crippen LogP contribution in [0.3, 0.4) is 0 Å². The van der Waals surface area contributed by atoms with Gasteiger partial charge in [0, 0.05) is 26.8 Å². The van der Waals surface area contributed by atoms with Gasteiger partial charge in [0.2, 0.25) is 0 Å². The Kier molecular flexibility index (Phi) is 6.33. The molecule has 0 spiro atoms. The lowest BCUT2D eigenvalue weighted by atomic mass is 9.89. The average molecular weight is 203 g/mol. The third-order valence-corrected chi connectivity index (χ3v) is 2.37. The summed E-state index contributed by atoms with van der Waals surface area (Å²) < 4.78 is 4.98. The molecular weight excluding hydrogens is 178 g/mol. The van der Waals surface area contributed by atoms with Gasteiger partial charge in [0.25, 0.3) is 0 Å². The summed E-state index contributed by atoms with van der Waals surface area (Å²) in [4.78, 5) is 2.15. The number of rotatable bonds is 6. The van der Waals surface area contributed by atoms with Crippen molar-refractivity contribution in [3.05, 3.63) is 0 Å². The van der Waals surface area contributed by atoms with Crippen molar-refractivity contribution in [3.63, 3.8) is 0 Å². The molecule has 86 valence electrons. The van der Waals surface area contributed by atoms with Crippen LogP contribution in [0.4, 0.5) is 0 Å². The van der Waals surface area contributed by atoms with Crippen molar-refractivity contribution in [1.29, 1.82) is 0 Å². The first-order valence-corrected chi connectivity index (χ1v) is 5.23. The van der Waals surface area contributed by atoms with Crippen LogP contribution >= 0.6 is 0 Å². The molecule has 3 heteroatoms. The zero-order chi connectivity index (χ0) is 11.2. The predicted octanol–water partition coefficient (Wildman–Crippen LogP) is 1.36. The summed E-state index contributed by atoms with van der Waals surface area (Å²) in [5.41, 5.74) is -0.0322. The second-order valence-corrected chi connectivity index (χ2v) is 4.99. The molecule has 3 nitrogen and oxygen atoms in total. The largest absolute Gasteiger partial charge is 0.391 e. The van der Waals surface area contributed by atoms with Crippen molar-refractivity contribution in [1.82, 2.24) is 4.90 Å². The topological polar surface area (TPSA) is 32.7 Å². The summed E-state index contributed by atoms with van der Waals surface area (Å²) in [5, 5.41) is 9.84. The summed E-state index contributed by atoms with van der Waals surface area (Å²) in [5.74, 6) is 0. The van der Waals surface area contributed by atoms with Crippen LogP contribution in [0.15, 0.2) is 0 Å². The van der Waals surface area contributed by atoms with E-state index < -0.39 is 0 Å². The summed E-state index contributed by atoms with van der Waals surface area (Å²) >= 11 is 0. The summed E-state index contributed by atoms with van der Waals surface area (Å²) in [6, 6.07) is 0. The van der Waals surface area contributed by atoms with E-state index in [1.165, 1.54) is 0 Å². The molecule has 0 fully saturated rings. The van der Waals surface area contributed by atoms with Gasteiger partial charge in [0.1, 0.15) is 0 Å². The number of nitrogens with zero attached hydrogens (tertiary/aromatic N) is 1. The van der Waals surface area contributed by atoms with Gasteiger partial charge in [-0.1, -0.05) is 20.8 Å². The molecule has 0 amide bonds. The van der Waals surface area contributed by atoms with Gasteiger partial charge in [-0.15, -0.1) is 0 Å². The van der Waals surface area contributed by atoms with Crippen LogP contribution < -0.4 is 0 Å². The standard InChI is InChI=1S/C11H25NO2/c1-11(2,3)10(13)9-12(4)7-6-8-14-5/h10,13H,6-9H2,1-5H3. The van der Waals surface area contributed by atoms with Crippen molar-refractivity contribution >= 4 is 0 Å². The Labute approximate surface area is 88.1 Å². The molecule has 14 heavy (non-hydrogen) atoms. The van der Waals surface area contributed by atoms with Crippen molar-refractivity contribution in [2.24, 2.45) is 5.41 Å². The number of aliphatic hydroxyl groups excluding tert-OH is 1. The van der Waals surface area contributed by atoms with Gasteiger partial charge in [0.05, 0.1) is 6.10 Å². The van der Waals surface area contributed by atoms with Crippen LogP contribution in [0.25, 0.3) is 0 Å². The molecular formula is C11H25NO2. The fraction of sp³-hybridized carbons (Fsp3) is 1.00. The Morgan fingerprint density at radius 3 is 2.36 bits per heavy atom. The smallest absolute Gasteiger partial charge is 0.0715 e. The van der Waals surface area contributed by atoms with Gasteiger partial charge in [0.15, 0.2) is 0 Å². The number of likely N-dealkylation sites (N-methyl/N-ethyl adjacent to an activating group) is 1. The van der Waals surface area contributed by atoms with E-state index in [4.69, 9.17) is 4.74 Å². The average Bonchev–Trinajstić information content (AvgIpc) is 2.03. The molecule has 1 unspecified atom stereocenters. The lowest BCUT2D eigenvalue weighted by molar-refractivity contribution is 0.0332. The Morgan fingerprint density at radius 2 is 1.93 bits per heavy atom. The molecule has 0 saturated heterocycles. The van der Waals surface area contributed by atoms with Crippen molar-refractivity contribution < 1.29 is 9.84 Å².